The van der Waals surface area contributed by atoms with Gasteiger partial charge in [0.25, 0.3) is 0 Å². The second-order valence-electron chi connectivity index (χ2n) is 14.2. The maximum Gasteiger partial charge on any atom is 0.310 e. The fraction of sp³-hybridized carbons (Fsp3) is 0.767. The van der Waals surface area contributed by atoms with E-state index in [0.29, 0.717) is 37.8 Å². The molecule has 0 aromatic rings. The summed E-state index contributed by atoms with van der Waals surface area (Å²) in [7, 11) is 0. The third-order valence-electron chi connectivity index (χ3n) is 12.4. The lowest BCUT2D eigenvalue weighted by Gasteiger charge is -2.71. The highest BCUT2D eigenvalue weighted by Crippen LogP contribution is 2.75. The summed E-state index contributed by atoms with van der Waals surface area (Å²) in [5, 5.41) is 33.9. The molecule has 0 spiro atoms. The number of carbonyl (C=O) groups excluding carboxylic acids is 1. The molecule has 5 aliphatic rings. The van der Waals surface area contributed by atoms with Gasteiger partial charge in [0.1, 0.15) is 5.60 Å². The molecule has 3 N–H and O–H groups in total. The fourth-order valence-electron chi connectivity index (χ4n) is 9.87. The first-order valence-electron chi connectivity index (χ1n) is 13.6. The molecule has 6 nitrogen and oxygen atoms in total. The van der Waals surface area contributed by atoms with E-state index < -0.39 is 39.1 Å². The highest BCUT2D eigenvalue weighted by Gasteiger charge is 2.76. The van der Waals surface area contributed by atoms with Crippen LogP contribution in [0, 0.1) is 51.4 Å². The molecule has 3 fully saturated rings. The van der Waals surface area contributed by atoms with Gasteiger partial charge in [0.05, 0.1) is 17.7 Å². The van der Waals surface area contributed by atoms with Gasteiger partial charge < -0.3 is 15.3 Å². The smallest absolute Gasteiger partial charge is 0.310 e. The average molecular weight is 496 g/mol. The number of aliphatic hydroxyl groups is 2. The molecule has 0 radical (unpaired) electrons. The Morgan fingerprint density at radius 3 is 2.33 bits per heavy atom. The molecular weight excluding hydrogens is 454 g/mol. The molecular formula is C30H41NO5. The van der Waals surface area contributed by atoms with E-state index in [9.17, 15) is 24.9 Å². The molecule has 6 heteroatoms. The molecule has 0 heterocycles. The zero-order valence-corrected chi connectivity index (χ0v) is 22.6. The minimum atomic E-state index is -1.76. The summed E-state index contributed by atoms with van der Waals surface area (Å²) in [6.45, 7) is 20.2. The molecule has 0 bridgehead atoms. The molecule has 5 aliphatic carbocycles. The van der Waals surface area contributed by atoms with Crippen molar-refractivity contribution >= 4 is 11.8 Å². The number of carbonyl (C=O) groups is 2. The SMILES string of the molecule is [C-]#[N+]C1=C(O)[C@@H](C)[C@@H]2CC[C@]3(C)C(=CC(=O)[C@]4(O)[C@@H]5CC(C)(C)CC[C@]5(C(=O)O)CC[C@@]34C)[C@@]2(C)C1. The van der Waals surface area contributed by atoms with E-state index in [1.807, 2.05) is 13.8 Å². The Morgan fingerprint density at radius 1 is 1.08 bits per heavy atom. The summed E-state index contributed by atoms with van der Waals surface area (Å²) in [5.74, 6) is -1.79. The van der Waals surface area contributed by atoms with E-state index >= 15 is 0 Å². The fourth-order valence-corrected chi connectivity index (χ4v) is 9.87. The Kier molecular flexibility index (Phi) is 5.14. The van der Waals surface area contributed by atoms with Gasteiger partial charge >= 0.3 is 5.97 Å². The topological polar surface area (TPSA) is 99.2 Å². The Balaban J connectivity index is 1.72. The van der Waals surface area contributed by atoms with E-state index in [2.05, 4.69) is 32.5 Å². The van der Waals surface area contributed by atoms with Crippen LogP contribution in [0.3, 0.4) is 0 Å². The summed E-state index contributed by atoms with van der Waals surface area (Å²) in [6.07, 6.45) is 6.30. The molecule has 0 amide bonds. The van der Waals surface area contributed by atoms with Crippen molar-refractivity contribution in [2.75, 3.05) is 0 Å². The molecule has 0 aromatic carbocycles. The third kappa shape index (κ3) is 2.71. The first-order valence-corrected chi connectivity index (χ1v) is 13.6. The Hall–Kier alpha value is -2.13. The molecule has 0 unspecified atom stereocenters. The van der Waals surface area contributed by atoms with Gasteiger partial charge in [-0.2, -0.15) is 0 Å². The van der Waals surface area contributed by atoms with Crippen LogP contribution in [0.25, 0.3) is 4.85 Å². The Morgan fingerprint density at radius 2 is 1.72 bits per heavy atom. The minimum absolute atomic E-state index is 0.0974. The van der Waals surface area contributed by atoms with E-state index in [1.54, 1.807) is 6.08 Å². The second-order valence-corrected chi connectivity index (χ2v) is 14.2. The van der Waals surface area contributed by atoms with Crippen LogP contribution < -0.4 is 0 Å². The number of aliphatic carboxylic acids is 1. The molecule has 0 aromatic heterocycles. The van der Waals surface area contributed by atoms with Crippen LogP contribution in [0.15, 0.2) is 23.1 Å². The number of ketones is 1. The highest BCUT2D eigenvalue weighted by molar-refractivity contribution is 6.01. The quantitative estimate of drug-likeness (QED) is 0.383. The minimum Gasteiger partial charge on any atom is -0.523 e. The van der Waals surface area contributed by atoms with Crippen LogP contribution in [0.1, 0.15) is 92.9 Å². The van der Waals surface area contributed by atoms with Crippen molar-refractivity contribution in [2.24, 2.45) is 44.8 Å². The van der Waals surface area contributed by atoms with Gasteiger partial charge in [-0.1, -0.05) is 47.1 Å². The van der Waals surface area contributed by atoms with Gasteiger partial charge in [0.2, 0.25) is 5.70 Å². The summed E-state index contributed by atoms with van der Waals surface area (Å²) in [4.78, 5) is 30.7. The van der Waals surface area contributed by atoms with Gasteiger partial charge in [-0.25, -0.2) is 4.85 Å². The van der Waals surface area contributed by atoms with Crippen molar-refractivity contribution < 1.29 is 24.9 Å². The van der Waals surface area contributed by atoms with Crippen LogP contribution in [-0.2, 0) is 9.59 Å². The van der Waals surface area contributed by atoms with Crippen molar-refractivity contribution in [3.05, 3.63) is 34.5 Å². The zero-order chi connectivity index (χ0) is 26.7. The van der Waals surface area contributed by atoms with E-state index in [0.717, 1.165) is 24.8 Å². The maximum atomic E-state index is 14.3. The number of rotatable bonds is 1. The van der Waals surface area contributed by atoms with Crippen LogP contribution >= 0.6 is 0 Å². The molecule has 196 valence electrons. The number of nitrogens with zero attached hydrogens (tertiary/aromatic N) is 1. The molecule has 0 aliphatic heterocycles. The number of carboxylic acids is 1. The number of carboxylic acid groups (broad SMARTS) is 1. The van der Waals surface area contributed by atoms with Crippen molar-refractivity contribution in [1.82, 2.24) is 0 Å². The lowest BCUT2D eigenvalue weighted by atomic mass is 9.33. The van der Waals surface area contributed by atoms with E-state index in [-0.39, 0.29) is 28.8 Å². The molecule has 5 rings (SSSR count). The second kappa shape index (κ2) is 7.25. The summed E-state index contributed by atoms with van der Waals surface area (Å²) >= 11 is 0. The van der Waals surface area contributed by atoms with Crippen molar-refractivity contribution in [2.45, 2.75) is 98.5 Å². The van der Waals surface area contributed by atoms with E-state index in [4.69, 9.17) is 6.57 Å². The summed E-state index contributed by atoms with van der Waals surface area (Å²) < 4.78 is 0. The molecule has 3 saturated carbocycles. The standard InChI is InChI=1S/C30H41NO5/c1-17-18-8-9-27(5)20(26(18,4)15-19(31-7)23(17)33)14-22(32)30(36)21-16-25(2,3)10-12-29(21,24(34)35)13-11-28(27,30)6/h14,17-18,21,33,36H,8-13,15-16H2,1-6H3,(H,34,35)/t17-,18-,21+,26-,27+,28-,29-,30+/m0/s1. The van der Waals surface area contributed by atoms with Crippen molar-refractivity contribution in [1.29, 1.82) is 0 Å². The van der Waals surface area contributed by atoms with Crippen LogP contribution in [-0.4, -0.2) is 32.7 Å². The largest absolute Gasteiger partial charge is 0.523 e. The van der Waals surface area contributed by atoms with Crippen LogP contribution in [0.4, 0.5) is 0 Å². The Bertz CT molecular complexity index is 1160. The predicted molar refractivity (Wildman–Crippen MR) is 136 cm³/mol. The number of hydrogen-bond donors (Lipinski definition) is 3. The highest BCUT2D eigenvalue weighted by atomic mass is 16.4. The predicted octanol–water partition coefficient (Wildman–Crippen LogP) is 6.08. The van der Waals surface area contributed by atoms with Crippen LogP contribution in [0.2, 0.25) is 0 Å². The number of hydrogen-bond acceptors (Lipinski definition) is 4. The van der Waals surface area contributed by atoms with Crippen molar-refractivity contribution in [3.8, 4) is 0 Å². The third-order valence-corrected chi connectivity index (χ3v) is 12.4. The normalized spacial score (nSPS) is 49.6. The first-order chi connectivity index (χ1) is 16.5. The van der Waals surface area contributed by atoms with Crippen LogP contribution in [0.5, 0.6) is 0 Å². The molecule has 0 saturated heterocycles. The van der Waals surface area contributed by atoms with Gasteiger partial charge in [0.15, 0.2) is 5.78 Å². The monoisotopic (exact) mass is 495 g/mol. The lowest BCUT2D eigenvalue weighted by molar-refractivity contribution is -0.247. The first kappa shape index (κ1) is 25.5. The lowest BCUT2D eigenvalue weighted by Crippen LogP contribution is -2.74. The van der Waals surface area contributed by atoms with Gasteiger partial charge in [-0.3, -0.25) is 9.59 Å². The van der Waals surface area contributed by atoms with E-state index in [1.165, 1.54) is 0 Å². The average Bonchev–Trinajstić information content (AvgIpc) is 2.80. The molecule has 36 heavy (non-hydrogen) atoms. The number of fused-ring (bicyclic) bond motifs is 7. The number of aliphatic hydroxyl groups excluding tert-OH is 1. The van der Waals surface area contributed by atoms with Gasteiger partial charge in [0, 0.05) is 17.3 Å². The van der Waals surface area contributed by atoms with Crippen molar-refractivity contribution in [3.63, 3.8) is 0 Å². The summed E-state index contributed by atoms with van der Waals surface area (Å²) in [5.41, 5.74) is -3.47. The summed E-state index contributed by atoms with van der Waals surface area (Å²) in [6, 6.07) is 0. The maximum absolute atomic E-state index is 14.3. The number of allylic oxidation sites excluding steroid dienone is 3. The van der Waals surface area contributed by atoms with Gasteiger partial charge in [-0.15, -0.1) is 0 Å². The zero-order valence-electron chi connectivity index (χ0n) is 22.6. The van der Waals surface area contributed by atoms with Gasteiger partial charge in [-0.05, 0) is 79.6 Å². The Labute approximate surface area is 214 Å². The molecule has 8 atom stereocenters.